The Morgan fingerprint density at radius 1 is 0.897 bits per heavy atom. The molecule has 5 rings (SSSR count). The van der Waals surface area contributed by atoms with Gasteiger partial charge in [0.25, 0.3) is 11.5 Å². The fourth-order valence-corrected chi connectivity index (χ4v) is 4.04. The largest absolute Gasteiger partial charge is 0.344 e. The van der Waals surface area contributed by atoms with E-state index in [9.17, 15) is 9.59 Å². The highest BCUT2D eigenvalue weighted by Crippen LogP contribution is 2.31. The number of nitrogens with one attached hydrogen (secondary N) is 1. The van der Waals surface area contributed by atoms with Crippen LogP contribution in [0.1, 0.15) is 34.1 Å². The number of aryl methyl sites for hydroxylation is 1. The van der Waals surface area contributed by atoms with Gasteiger partial charge in [0.05, 0.1) is 17.1 Å². The molecule has 142 valence electrons. The second kappa shape index (κ2) is 7.02. The third kappa shape index (κ3) is 3.01. The topological polar surface area (TPSA) is 64.0 Å². The van der Waals surface area contributed by atoms with E-state index in [4.69, 9.17) is 0 Å². The van der Waals surface area contributed by atoms with Gasteiger partial charge in [-0.3, -0.25) is 9.59 Å². The smallest absolute Gasteiger partial charge is 0.279 e. The highest BCUT2D eigenvalue weighted by atomic mass is 16.2. The molecule has 1 aromatic heterocycles. The molecule has 1 atom stereocenters. The third-order valence-electron chi connectivity index (χ3n) is 5.46. The van der Waals surface area contributed by atoms with Crippen molar-refractivity contribution in [2.24, 2.45) is 0 Å². The minimum Gasteiger partial charge on any atom is -0.344 e. The summed E-state index contributed by atoms with van der Waals surface area (Å²) in [5.74, 6) is -0.271. The summed E-state index contributed by atoms with van der Waals surface area (Å²) in [5, 5.41) is 8.62. The number of benzene rings is 3. The molecule has 4 aromatic rings. The zero-order valence-electron chi connectivity index (χ0n) is 15.7. The molecule has 5 nitrogen and oxygen atoms in total. The number of hydrogen-bond acceptors (Lipinski definition) is 3. The minimum atomic E-state index is -0.271. The van der Waals surface area contributed by atoms with E-state index in [1.54, 1.807) is 30.3 Å². The fraction of sp³-hybridized carbons (Fsp3) is 0.125. The first-order chi connectivity index (χ1) is 14.2. The standard InChI is InChI=1S/C24H19N3O2/c28-23(25-21-15-14-16-8-4-5-11-18(16)21)22-19-12-6-7-13-20(19)24(29)27(26-22)17-9-2-1-3-10-17/h1-13,21H,14-15H2,(H,25,28)/t21-/m0/s1. The molecule has 0 spiro atoms. The molecule has 3 aromatic carbocycles. The van der Waals surface area contributed by atoms with Crippen LogP contribution in [0.25, 0.3) is 16.5 Å². The average molecular weight is 381 g/mol. The van der Waals surface area contributed by atoms with Crippen molar-refractivity contribution >= 4 is 16.7 Å². The molecule has 1 N–H and O–H groups in total. The van der Waals surface area contributed by atoms with Crippen molar-refractivity contribution in [3.63, 3.8) is 0 Å². The number of aromatic nitrogens is 2. The highest BCUT2D eigenvalue weighted by molar-refractivity contribution is 6.05. The van der Waals surface area contributed by atoms with Crippen molar-refractivity contribution in [2.45, 2.75) is 18.9 Å². The van der Waals surface area contributed by atoms with Gasteiger partial charge in [0, 0.05) is 5.39 Å². The molecule has 0 saturated heterocycles. The fourth-order valence-electron chi connectivity index (χ4n) is 4.04. The number of carbonyl (C=O) groups excluding carboxylic acids is 1. The Morgan fingerprint density at radius 2 is 1.59 bits per heavy atom. The second-order valence-electron chi connectivity index (χ2n) is 7.21. The van der Waals surface area contributed by atoms with Gasteiger partial charge in [-0.05, 0) is 42.2 Å². The van der Waals surface area contributed by atoms with Crippen LogP contribution in [0.2, 0.25) is 0 Å². The van der Waals surface area contributed by atoms with Crippen molar-refractivity contribution in [3.8, 4) is 5.69 Å². The van der Waals surface area contributed by atoms with Gasteiger partial charge in [-0.15, -0.1) is 0 Å². The van der Waals surface area contributed by atoms with Gasteiger partial charge in [0.15, 0.2) is 5.69 Å². The lowest BCUT2D eigenvalue weighted by Crippen LogP contribution is -2.31. The van der Waals surface area contributed by atoms with E-state index >= 15 is 0 Å². The third-order valence-corrected chi connectivity index (χ3v) is 5.46. The first-order valence-electron chi connectivity index (χ1n) is 9.68. The zero-order valence-corrected chi connectivity index (χ0v) is 15.7. The molecule has 0 aliphatic heterocycles. The minimum absolute atomic E-state index is 0.0450. The predicted molar refractivity (Wildman–Crippen MR) is 112 cm³/mol. The van der Waals surface area contributed by atoms with Gasteiger partial charge < -0.3 is 5.32 Å². The maximum Gasteiger partial charge on any atom is 0.279 e. The van der Waals surface area contributed by atoms with E-state index in [1.165, 1.54) is 10.2 Å². The molecule has 0 fully saturated rings. The Balaban J connectivity index is 1.60. The van der Waals surface area contributed by atoms with Crippen LogP contribution in [0.3, 0.4) is 0 Å². The Bertz CT molecular complexity index is 1280. The van der Waals surface area contributed by atoms with Gasteiger partial charge in [-0.2, -0.15) is 9.78 Å². The maximum atomic E-state index is 13.2. The Kier molecular flexibility index (Phi) is 4.21. The van der Waals surface area contributed by atoms with E-state index < -0.39 is 0 Å². The van der Waals surface area contributed by atoms with Crippen molar-refractivity contribution in [1.82, 2.24) is 15.1 Å². The van der Waals surface area contributed by atoms with Gasteiger partial charge in [0.2, 0.25) is 0 Å². The van der Waals surface area contributed by atoms with Crippen LogP contribution in [0, 0.1) is 0 Å². The second-order valence-corrected chi connectivity index (χ2v) is 7.21. The molecule has 5 heteroatoms. The van der Waals surface area contributed by atoms with Crippen LogP contribution in [0.5, 0.6) is 0 Å². The summed E-state index contributed by atoms with van der Waals surface area (Å²) < 4.78 is 1.31. The summed E-state index contributed by atoms with van der Waals surface area (Å²) >= 11 is 0. The summed E-state index contributed by atoms with van der Waals surface area (Å²) in [5.41, 5.74) is 3.07. The zero-order chi connectivity index (χ0) is 19.8. The first kappa shape index (κ1) is 17.4. The van der Waals surface area contributed by atoms with Crippen LogP contribution in [-0.4, -0.2) is 15.7 Å². The summed E-state index contributed by atoms with van der Waals surface area (Å²) in [6, 6.07) is 24.4. The molecule has 29 heavy (non-hydrogen) atoms. The Labute approximate surface area is 167 Å². The van der Waals surface area contributed by atoms with E-state index in [1.807, 2.05) is 36.4 Å². The quantitative estimate of drug-likeness (QED) is 0.587. The molecule has 0 bridgehead atoms. The first-order valence-corrected chi connectivity index (χ1v) is 9.68. The van der Waals surface area contributed by atoms with Crippen molar-refractivity contribution in [2.75, 3.05) is 0 Å². The molecule has 0 saturated carbocycles. The van der Waals surface area contributed by atoms with Gasteiger partial charge in [-0.25, -0.2) is 0 Å². The van der Waals surface area contributed by atoms with Gasteiger partial charge in [-0.1, -0.05) is 60.7 Å². The van der Waals surface area contributed by atoms with E-state index in [-0.39, 0.29) is 23.2 Å². The highest BCUT2D eigenvalue weighted by Gasteiger charge is 2.26. The number of amides is 1. The average Bonchev–Trinajstić information content (AvgIpc) is 3.17. The Morgan fingerprint density at radius 3 is 2.41 bits per heavy atom. The predicted octanol–water partition coefficient (Wildman–Crippen LogP) is 3.80. The maximum absolute atomic E-state index is 13.2. The van der Waals surface area contributed by atoms with Crippen molar-refractivity contribution in [3.05, 3.63) is 106 Å². The lowest BCUT2D eigenvalue weighted by molar-refractivity contribution is 0.0932. The molecule has 1 aliphatic rings. The lowest BCUT2D eigenvalue weighted by Gasteiger charge is -2.16. The van der Waals surface area contributed by atoms with Gasteiger partial charge >= 0.3 is 0 Å². The number of nitrogens with zero attached hydrogens (tertiary/aromatic N) is 2. The molecular formula is C24H19N3O2. The SMILES string of the molecule is O=C(N[C@H]1CCc2ccccc21)c1nn(-c2ccccc2)c(=O)c2ccccc12. The number of fused-ring (bicyclic) bond motifs is 2. The van der Waals surface area contributed by atoms with Crippen LogP contribution in [-0.2, 0) is 6.42 Å². The summed E-state index contributed by atoms with van der Waals surface area (Å²) in [6.07, 6.45) is 1.81. The summed E-state index contributed by atoms with van der Waals surface area (Å²) in [6.45, 7) is 0. The number of hydrogen-bond donors (Lipinski definition) is 1. The lowest BCUT2D eigenvalue weighted by atomic mass is 10.1. The van der Waals surface area contributed by atoms with Crippen molar-refractivity contribution in [1.29, 1.82) is 0 Å². The number of carbonyl (C=O) groups is 1. The molecule has 1 heterocycles. The normalized spacial score (nSPS) is 15.2. The van der Waals surface area contributed by atoms with Crippen LogP contribution in [0.4, 0.5) is 0 Å². The summed E-state index contributed by atoms with van der Waals surface area (Å²) in [4.78, 5) is 26.2. The number of rotatable bonds is 3. The molecule has 0 radical (unpaired) electrons. The van der Waals surface area contributed by atoms with Crippen LogP contribution >= 0.6 is 0 Å². The molecular weight excluding hydrogens is 362 g/mol. The van der Waals surface area contributed by atoms with E-state index in [0.29, 0.717) is 16.5 Å². The molecule has 0 unspecified atom stereocenters. The van der Waals surface area contributed by atoms with E-state index in [0.717, 1.165) is 18.4 Å². The van der Waals surface area contributed by atoms with E-state index in [2.05, 4.69) is 22.5 Å². The van der Waals surface area contributed by atoms with Crippen molar-refractivity contribution < 1.29 is 4.79 Å². The van der Waals surface area contributed by atoms with Crippen LogP contribution in [0.15, 0.2) is 83.7 Å². The molecule has 1 amide bonds. The molecule has 1 aliphatic carbocycles. The number of para-hydroxylation sites is 1. The monoisotopic (exact) mass is 381 g/mol. The Hall–Kier alpha value is -3.73. The van der Waals surface area contributed by atoms with Crippen LogP contribution < -0.4 is 10.9 Å². The van der Waals surface area contributed by atoms with Gasteiger partial charge in [0.1, 0.15) is 0 Å². The summed E-state index contributed by atoms with van der Waals surface area (Å²) in [7, 11) is 0.